The molecule has 0 aromatic carbocycles. The molecule has 26 heavy (non-hydrogen) atoms. The first-order chi connectivity index (χ1) is 12.4. The van der Waals surface area contributed by atoms with Crippen LogP contribution < -0.4 is 5.32 Å². The van der Waals surface area contributed by atoms with Crippen LogP contribution in [0.2, 0.25) is 0 Å². The summed E-state index contributed by atoms with van der Waals surface area (Å²) in [7, 11) is 3.68. The number of amides is 2. The van der Waals surface area contributed by atoms with Crippen LogP contribution >= 0.6 is 0 Å². The maximum absolute atomic E-state index is 12.5. The van der Waals surface area contributed by atoms with Crippen molar-refractivity contribution in [3.05, 3.63) is 35.4 Å². The Labute approximate surface area is 153 Å². The van der Waals surface area contributed by atoms with Gasteiger partial charge in [0.15, 0.2) is 0 Å². The molecule has 0 aliphatic carbocycles. The lowest BCUT2D eigenvalue weighted by atomic mass is 9.85. The van der Waals surface area contributed by atoms with Crippen LogP contribution in [0.5, 0.6) is 0 Å². The molecule has 0 saturated carbocycles. The second-order valence-electron chi connectivity index (χ2n) is 6.85. The van der Waals surface area contributed by atoms with Crippen LogP contribution in [-0.4, -0.2) is 49.4 Å². The Kier molecular flexibility index (Phi) is 5.11. The SMILES string of the molecule is CCN1C(=O)CC[C@H](CNC(=O)c2cnn(C)c2C)[C@H]1c1cnn(C)c1. The van der Waals surface area contributed by atoms with E-state index in [1.807, 2.05) is 45.2 Å². The number of carbonyl (C=O) groups is 2. The molecule has 0 bridgehead atoms. The minimum absolute atomic E-state index is 0.0646. The van der Waals surface area contributed by atoms with E-state index in [1.165, 1.54) is 0 Å². The number of hydrogen-bond acceptors (Lipinski definition) is 4. The van der Waals surface area contributed by atoms with Gasteiger partial charge in [0.05, 0.1) is 24.0 Å². The summed E-state index contributed by atoms with van der Waals surface area (Å²) in [5, 5.41) is 11.4. The molecule has 1 saturated heterocycles. The number of hydrogen-bond donors (Lipinski definition) is 1. The fraction of sp³-hybridized carbons (Fsp3) is 0.556. The Hall–Kier alpha value is -2.64. The number of carbonyl (C=O) groups excluding carboxylic acids is 2. The third-order valence-corrected chi connectivity index (χ3v) is 5.24. The Balaban J connectivity index is 1.77. The zero-order valence-electron chi connectivity index (χ0n) is 15.8. The zero-order valence-corrected chi connectivity index (χ0v) is 15.8. The number of nitrogens with zero attached hydrogens (tertiary/aromatic N) is 5. The zero-order chi connectivity index (χ0) is 18.8. The molecule has 1 aliphatic heterocycles. The van der Waals surface area contributed by atoms with Gasteiger partial charge in [-0.2, -0.15) is 10.2 Å². The smallest absolute Gasteiger partial charge is 0.254 e. The van der Waals surface area contributed by atoms with Crippen molar-refractivity contribution in [2.75, 3.05) is 13.1 Å². The summed E-state index contributed by atoms with van der Waals surface area (Å²) in [5.74, 6) is 0.185. The molecule has 0 spiro atoms. The van der Waals surface area contributed by atoms with E-state index in [0.717, 1.165) is 17.7 Å². The molecule has 2 amide bonds. The minimum Gasteiger partial charge on any atom is -0.352 e. The lowest BCUT2D eigenvalue weighted by Crippen LogP contribution is -2.46. The van der Waals surface area contributed by atoms with Crippen molar-refractivity contribution in [3.63, 3.8) is 0 Å². The molecule has 2 atom stereocenters. The monoisotopic (exact) mass is 358 g/mol. The Morgan fingerprint density at radius 1 is 1.31 bits per heavy atom. The number of aromatic nitrogens is 4. The van der Waals surface area contributed by atoms with Crippen molar-refractivity contribution in [1.82, 2.24) is 29.8 Å². The van der Waals surface area contributed by atoms with Crippen LogP contribution in [0.4, 0.5) is 0 Å². The third-order valence-electron chi connectivity index (χ3n) is 5.24. The molecular formula is C18H26N6O2. The van der Waals surface area contributed by atoms with Gasteiger partial charge < -0.3 is 10.2 Å². The van der Waals surface area contributed by atoms with Crippen molar-refractivity contribution in [2.24, 2.45) is 20.0 Å². The standard InChI is InChI=1S/C18H26N6O2/c1-5-24-16(25)7-6-13(17(24)14-9-20-22(3)11-14)8-19-18(26)15-10-21-23(4)12(15)2/h9-11,13,17H,5-8H2,1-4H3,(H,19,26)/t13-,17+/m1/s1. The van der Waals surface area contributed by atoms with E-state index >= 15 is 0 Å². The predicted molar refractivity (Wildman–Crippen MR) is 96.3 cm³/mol. The number of likely N-dealkylation sites (tertiary alicyclic amines) is 1. The summed E-state index contributed by atoms with van der Waals surface area (Å²) in [6.45, 7) is 5.01. The lowest BCUT2D eigenvalue weighted by Gasteiger charge is -2.40. The molecule has 8 nitrogen and oxygen atoms in total. The maximum Gasteiger partial charge on any atom is 0.254 e. The normalized spacial score (nSPS) is 20.5. The van der Waals surface area contributed by atoms with Crippen molar-refractivity contribution in [3.8, 4) is 0 Å². The molecule has 2 aromatic rings. The van der Waals surface area contributed by atoms with Crippen molar-refractivity contribution >= 4 is 11.8 Å². The highest BCUT2D eigenvalue weighted by Crippen LogP contribution is 2.36. The molecular weight excluding hydrogens is 332 g/mol. The highest BCUT2D eigenvalue weighted by molar-refractivity contribution is 5.95. The fourth-order valence-corrected chi connectivity index (χ4v) is 3.69. The van der Waals surface area contributed by atoms with Gasteiger partial charge in [-0.3, -0.25) is 19.0 Å². The number of rotatable bonds is 5. The van der Waals surface area contributed by atoms with Crippen LogP contribution in [0.3, 0.4) is 0 Å². The molecule has 1 N–H and O–H groups in total. The average molecular weight is 358 g/mol. The summed E-state index contributed by atoms with van der Waals surface area (Å²) in [6.07, 6.45) is 6.61. The van der Waals surface area contributed by atoms with Crippen molar-refractivity contribution < 1.29 is 9.59 Å². The van der Waals surface area contributed by atoms with Crippen LogP contribution in [0.15, 0.2) is 18.6 Å². The molecule has 0 radical (unpaired) electrons. The minimum atomic E-state index is -0.125. The second kappa shape index (κ2) is 7.31. The van der Waals surface area contributed by atoms with Gasteiger partial charge in [0, 0.05) is 57.0 Å². The third kappa shape index (κ3) is 3.36. The van der Waals surface area contributed by atoms with E-state index in [0.29, 0.717) is 25.1 Å². The van der Waals surface area contributed by atoms with Crippen LogP contribution in [-0.2, 0) is 18.9 Å². The van der Waals surface area contributed by atoms with E-state index in [9.17, 15) is 9.59 Å². The molecule has 3 rings (SSSR count). The summed E-state index contributed by atoms with van der Waals surface area (Å²) in [5.41, 5.74) is 2.43. The Morgan fingerprint density at radius 3 is 2.65 bits per heavy atom. The number of aryl methyl sites for hydroxylation is 2. The van der Waals surface area contributed by atoms with Crippen LogP contribution in [0.1, 0.15) is 47.4 Å². The molecule has 2 aromatic heterocycles. The highest BCUT2D eigenvalue weighted by atomic mass is 16.2. The first-order valence-corrected chi connectivity index (χ1v) is 8.97. The molecule has 8 heteroatoms. The predicted octanol–water partition coefficient (Wildman–Crippen LogP) is 1.19. The molecule has 1 fully saturated rings. The quantitative estimate of drug-likeness (QED) is 0.870. The van der Waals surface area contributed by atoms with Crippen molar-refractivity contribution in [2.45, 2.75) is 32.7 Å². The first-order valence-electron chi connectivity index (χ1n) is 8.97. The molecule has 0 unspecified atom stereocenters. The Morgan fingerprint density at radius 2 is 2.08 bits per heavy atom. The van der Waals surface area contributed by atoms with Crippen molar-refractivity contribution in [1.29, 1.82) is 0 Å². The number of nitrogens with one attached hydrogen (secondary N) is 1. The first kappa shape index (κ1) is 18.2. The maximum atomic E-state index is 12.5. The van der Waals surface area contributed by atoms with E-state index in [-0.39, 0.29) is 23.8 Å². The van der Waals surface area contributed by atoms with Gasteiger partial charge in [-0.15, -0.1) is 0 Å². The summed E-state index contributed by atoms with van der Waals surface area (Å²) >= 11 is 0. The van der Waals surface area contributed by atoms with E-state index in [2.05, 4.69) is 15.5 Å². The largest absolute Gasteiger partial charge is 0.352 e. The van der Waals surface area contributed by atoms with Crippen LogP contribution in [0.25, 0.3) is 0 Å². The molecule has 1 aliphatic rings. The van der Waals surface area contributed by atoms with E-state index in [4.69, 9.17) is 0 Å². The average Bonchev–Trinajstić information content (AvgIpc) is 3.19. The Bertz CT molecular complexity index is 808. The summed E-state index contributed by atoms with van der Waals surface area (Å²) < 4.78 is 3.43. The van der Waals surface area contributed by atoms with E-state index in [1.54, 1.807) is 15.6 Å². The topological polar surface area (TPSA) is 85.1 Å². The van der Waals surface area contributed by atoms with Gasteiger partial charge in [-0.1, -0.05) is 0 Å². The summed E-state index contributed by atoms with van der Waals surface area (Å²) in [6, 6.07) is -0.0646. The van der Waals surface area contributed by atoms with Gasteiger partial charge >= 0.3 is 0 Å². The summed E-state index contributed by atoms with van der Waals surface area (Å²) in [4.78, 5) is 26.8. The molecule has 140 valence electrons. The number of piperidine rings is 1. The van der Waals surface area contributed by atoms with Gasteiger partial charge in [-0.25, -0.2) is 0 Å². The van der Waals surface area contributed by atoms with E-state index < -0.39 is 0 Å². The van der Waals surface area contributed by atoms with Crippen LogP contribution in [0, 0.1) is 12.8 Å². The highest BCUT2D eigenvalue weighted by Gasteiger charge is 2.36. The van der Waals surface area contributed by atoms with Gasteiger partial charge in [-0.05, 0) is 20.3 Å². The second-order valence-corrected chi connectivity index (χ2v) is 6.85. The van der Waals surface area contributed by atoms with Gasteiger partial charge in [0.25, 0.3) is 5.91 Å². The van der Waals surface area contributed by atoms with Gasteiger partial charge in [0.1, 0.15) is 0 Å². The lowest BCUT2D eigenvalue weighted by molar-refractivity contribution is -0.138. The van der Waals surface area contributed by atoms with Gasteiger partial charge in [0.2, 0.25) is 5.91 Å². The molecule has 3 heterocycles. The fourth-order valence-electron chi connectivity index (χ4n) is 3.69.